The average Bonchev–Trinajstić information content (AvgIpc) is 2.63. The molecule has 0 spiro atoms. The van der Waals surface area contributed by atoms with Crippen molar-refractivity contribution in [2.45, 2.75) is 111 Å². The normalized spacial score (nSPS) is 12.0. The van der Waals surface area contributed by atoms with Crippen LogP contribution in [0.25, 0.3) is 0 Å². The molecule has 0 atom stereocenters. The van der Waals surface area contributed by atoms with E-state index in [1.54, 1.807) is 12.1 Å². The number of allylic oxidation sites excluding steroid dienone is 1. The molecule has 27 heavy (non-hydrogen) atoms. The van der Waals surface area contributed by atoms with Gasteiger partial charge in [-0.3, -0.25) is 0 Å². The summed E-state index contributed by atoms with van der Waals surface area (Å²) < 4.78 is 6.05. The standard InChI is InChI=1S/C22H42I2O2Si/c1-2-18-21(25)26-19-16-14-12-10-8-6-4-3-5-7-9-11-13-15-17-20-27-22(23)24/h2,18,22H,3-17,19-20,27H2,1H3. The fourth-order valence-electron chi connectivity index (χ4n) is 3.23. The van der Waals surface area contributed by atoms with Crippen LogP contribution >= 0.6 is 45.2 Å². The van der Waals surface area contributed by atoms with Gasteiger partial charge >= 0.3 is 5.97 Å². The Morgan fingerprint density at radius 3 is 1.59 bits per heavy atom. The van der Waals surface area contributed by atoms with Gasteiger partial charge in [-0.05, 0) is 13.3 Å². The molecular weight excluding hydrogens is 578 g/mol. The summed E-state index contributed by atoms with van der Waals surface area (Å²) in [6.45, 7) is 2.40. The van der Waals surface area contributed by atoms with Crippen LogP contribution in [0.2, 0.25) is 6.04 Å². The van der Waals surface area contributed by atoms with E-state index in [1.165, 1.54) is 96.0 Å². The number of halogens is 2. The van der Waals surface area contributed by atoms with Crippen LogP contribution in [0.4, 0.5) is 0 Å². The van der Waals surface area contributed by atoms with E-state index in [2.05, 4.69) is 45.2 Å². The van der Waals surface area contributed by atoms with Crippen molar-refractivity contribution in [3.05, 3.63) is 12.2 Å². The van der Waals surface area contributed by atoms with Gasteiger partial charge in [0.05, 0.1) is 6.61 Å². The molecule has 0 unspecified atom stereocenters. The van der Waals surface area contributed by atoms with E-state index in [-0.39, 0.29) is 15.5 Å². The first kappa shape index (κ1) is 27.9. The summed E-state index contributed by atoms with van der Waals surface area (Å²) >= 11 is 5.16. The Bertz CT molecular complexity index is 349. The first-order chi connectivity index (χ1) is 13.2. The summed E-state index contributed by atoms with van der Waals surface area (Å²) in [6, 6.07) is 1.56. The average molecular weight is 620 g/mol. The number of carbonyl (C=O) groups is 1. The molecule has 0 aliphatic rings. The lowest BCUT2D eigenvalue weighted by molar-refractivity contribution is -0.137. The first-order valence-electron chi connectivity index (χ1n) is 11.2. The fourth-order valence-corrected chi connectivity index (χ4v) is 6.83. The topological polar surface area (TPSA) is 26.3 Å². The molecule has 0 rings (SSSR count). The van der Waals surface area contributed by atoms with Crippen molar-refractivity contribution in [1.82, 2.24) is 0 Å². The zero-order valence-corrected chi connectivity index (χ0v) is 23.3. The number of ether oxygens (including phenoxy) is 1. The summed E-state index contributed by atoms with van der Waals surface area (Å²) in [4.78, 5) is 11.1. The van der Waals surface area contributed by atoms with Crippen molar-refractivity contribution in [3.8, 4) is 0 Å². The van der Waals surface area contributed by atoms with Crippen molar-refractivity contribution < 1.29 is 9.53 Å². The molecule has 160 valence electrons. The second-order valence-electron chi connectivity index (χ2n) is 7.50. The van der Waals surface area contributed by atoms with Crippen LogP contribution in [0.3, 0.4) is 0 Å². The molecule has 0 N–H and O–H groups in total. The number of hydrogen-bond acceptors (Lipinski definition) is 2. The third kappa shape index (κ3) is 24.8. The maximum absolute atomic E-state index is 11.1. The number of rotatable bonds is 20. The Labute approximate surface area is 198 Å². The highest BCUT2D eigenvalue weighted by Crippen LogP contribution is 2.15. The third-order valence-corrected chi connectivity index (χ3v) is 9.95. The van der Waals surface area contributed by atoms with E-state index >= 15 is 0 Å². The lowest BCUT2D eigenvalue weighted by Gasteiger charge is -2.04. The molecule has 0 heterocycles. The molecule has 0 aromatic carbocycles. The van der Waals surface area contributed by atoms with Crippen LogP contribution in [0.1, 0.15) is 103 Å². The van der Waals surface area contributed by atoms with Crippen LogP contribution in [0.5, 0.6) is 0 Å². The van der Waals surface area contributed by atoms with Crippen LogP contribution in [-0.4, -0.2) is 23.7 Å². The molecule has 0 amide bonds. The van der Waals surface area contributed by atoms with E-state index in [1.807, 2.05) is 6.92 Å². The summed E-state index contributed by atoms with van der Waals surface area (Å²) in [7, 11) is 0.229. The highest BCUT2D eigenvalue weighted by molar-refractivity contribution is 14.2. The van der Waals surface area contributed by atoms with Crippen molar-refractivity contribution in [3.63, 3.8) is 0 Å². The summed E-state index contributed by atoms with van der Waals surface area (Å²) in [5, 5.41) is 0. The molecule has 0 fully saturated rings. The molecule has 2 nitrogen and oxygen atoms in total. The van der Waals surface area contributed by atoms with Crippen molar-refractivity contribution in [2.75, 3.05) is 6.61 Å². The SMILES string of the molecule is CC=CC(=O)OCCCCCCCCCCCCCCCCC[SiH2]C(I)I. The molecule has 0 aliphatic heterocycles. The minimum absolute atomic E-state index is 0.208. The van der Waals surface area contributed by atoms with Gasteiger partial charge in [-0.15, -0.1) is 0 Å². The number of hydrogen-bond donors (Lipinski definition) is 0. The number of alkyl halides is 2. The van der Waals surface area contributed by atoms with Gasteiger partial charge in [0.2, 0.25) is 0 Å². The van der Waals surface area contributed by atoms with Gasteiger partial charge in [-0.25, -0.2) is 4.79 Å². The molecular formula is C22H42I2O2Si. The van der Waals surface area contributed by atoms with Gasteiger partial charge in [-0.1, -0.05) is 147 Å². The van der Waals surface area contributed by atoms with Gasteiger partial charge in [0.25, 0.3) is 0 Å². The van der Waals surface area contributed by atoms with Gasteiger partial charge in [0, 0.05) is 17.2 Å². The monoisotopic (exact) mass is 620 g/mol. The zero-order valence-electron chi connectivity index (χ0n) is 17.5. The van der Waals surface area contributed by atoms with Crippen molar-refractivity contribution in [1.29, 1.82) is 0 Å². The number of carbonyl (C=O) groups excluding carboxylic acids is 1. The maximum Gasteiger partial charge on any atom is 0.330 e. The molecule has 0 saturated carbocycles. The smallest absolute Gasteiger partial charge is 0.330 e. The van der Waals surface area contributed by atoms with Gasteiger partial charge in [0.1, 0.15) is 0 Å². The molecule has 5 heteroatoms. The second-order valence-corrected chi connectivity index (χ2v) is 18.3. The quantitative estimate of drug-likeness (QED) is 0.0349. The van der Waals surface area contributed by atoms with Gasteiger partial charge in [-0.2, -0.15) is 0 Å². The molecule has 0 bridgehead atoms. The zero-order chi connectivity index (χ0) is 20.0. The van der Waals surface area contributed by atoms with Gasteiger partial charge in [0.15, 0.2) is 0 Å². The lowest BCUT2D eigenvalue weighted by Crippen LogP contribution is -2.01. The molecule has 0 aromatic heterocycles. The van der Waals surface area contributed by atoms with E-state index < -0.39 is 0 Å². The third-order valence-electron chi connectivity index (χ3n) is 4.86. The predicted molar refractivity (Wildman–Crippen MR) is 140 cm³/mol. The van der Waals surface area contributed by atoms with E-state index in [0.29, 0.717) is 6.61 Å². The lowest BCUT2D eigenvalue weighted by atomic mass is 10.0. The van der Waals surface area contributed by atoms with E-state index in [0.717, 1.165) is 7.98 Å². The van der Waals surface area contributed by atoms with E-state index in [9.17, 15) is 4.79 Å². The van der Waals surface area contributed by atoms with E-state index in [4.69, 9.17) is 4.74 Å². The maximum atomic E-state index is 11.1. The van der Waals surface area contributed by atoms with Crippen LogP contribution in [0.15, 0.2) is 12.2 Å². The molecule has 0 aromatic rings. The Morgan fingerprint density at radius 2 is 1.19 bits per heavy atom. The Hall–Kier alpha value is 0.887. The minimum Gasteiger partial charge on any atom is -0.463 e. The fraction of sp³-hybridized carbons (Fsp3) is 0.864. The minimum atomic E-state index is -0.208. The van der Waals surface area contributed by atoms with Crippen LogP contribution in [0, 0.1) is 0 Å². The summed E-state index contributed by atoms with van der Waals surface area (Å²) in [5.74, 6) is -0.208. The predicted octanol–water partition coefficient (Wildman–Crippen LogP) is 7.70. The highest BCUT2D eigenvalue weighted by atomic mass is 127. The number of unbranched alkanes of at least 4 members (excludes halogenated alkanes) is 14. The second kappa shape index (κ2) is 23.2. The summed E-state index contributed by atoms with van der Waals surface area (Å²) in [5.41, 5.74) is 0. The first-order valence-corrected chi connectivity index (χ1v) is 15.5. The van der Waals surface area contributed by atoms with Crippen molar-refractivity contribution >= 4 is 60.7 Å². The highest BCUT2D eigenvalue weighted by Gasteiger charge is 1.99. The molecule has 0 radical (unpaired) electrons. The van der Waals surface area contributed by atoms with Crippen LogP contribution in [-0.2, 0) is 9.53 Å². The van der Waals surface area contributed by atoms with Crippen molar-refractivity contribution in [2.24, 2.45) is 0 Å². The Kier molecular flexibility index (Phi) is 23.9. The summed E-state index contributed by atoms with van der Waals surface area (Å²) in [6.07, 6.45) is 23.9. The Balaban J connectivity index is 3.06. The largest absolute Gasteiger partial charge is 0.463 e. The van der Waals surface area contributed by atoms with Gasteiger partial charge < -0.3 is 4.74 Å². The van der Waals surface area contributed by atoms with Crippen LogP contribution < -0.4 is 0 Å². The Morgan fingerprint density at radius 1 is 0.778 bits per heavy atom. The molecule has 0 saturated heterocycles. The number of esters is 1. The molecule has 0 aliphatic carbocycles.